The molecule has 2 N–H and O–H groups in total. The monoisotopic (exact) mass is 312 g/mol. The number of hydrogen-bond donors (Lipinski definition) is 2. The Kier molecular flexibility index (Phi) is 7.31. The van der Waals surface area contributed by atoms with Gasteiger partial charge in [0.25, 0.3) is 0 Å². The first kappa shape index (κ1) is 17.0. The van der Waals surface area contributed by atoms with E-state index in [4.69, 9.17) is 21.7 Å². The van der Waals surface area contributed by atoms with Crippen LogP contribution < -0.4 is 20.1 Å². The number of nitrogens with one attached hydrogen (secondary N) is 2. The molecule has 116 valence electrons. The molecule has 0 heterocycles. The van der Waals surface area contributed by atoms with Crippen LogP contribution in [0, 0.1) is 0 Å². The number of carbonyl (C=O) groups is 1. The number of methoxy groups -OCH3 is 3. The van der Waals surface area contributed by atoms with Gasteiger partial charge in [-0.1, -0.05) is 0 Å². The van der Waals surface area contributed by atoms with Gasteiger partial charge in [0.05, 0.1) is 21.3 Å². The number of benzene rings is 1. The first-order valence-corrected chi connectivity index (χ1v) is 6.85. The van der Waals surface area contributed by atoms with Crippen molar-refractivity contribution in [2.24, 2.45) is 0 Å². The van der Waals surface area contributed by atoms with Crippen molar-refractivity contribution in [2.75, 3.05) is 33.2 Å². The predicted molar refractivity (Wildman–Crippen MR) is 85.0 cm³/mol. The van der Waals surface area contributed by atoms with Crippen molar-refractivity contribution < 1.29 is 19.0 Å². The van der Waals surface area contributed by atoms with E-state index in [0.29, 0.717) is 36.0 Å². The Balaban J connectivity index is 2.42. The molecule has 0 aliphatic rings. The molecule has 0 spiro atoms. The molecule has 1 aromatic carbocycles. The maximum atomic E-state index is 11.0. The second kappa shape index (κ2) is 9.02. The lowest BCUT2D eigenvalue weighted by molar-refractivity contribution is -0.140. The van der Waals surface area contributed by atoms with Crippen LogP contribution in [-0.4, -0.2) is 39.0 Å². The number of esters is 1. The van der Waals surface area contributed by atoms with Crippen molar-refractivity contribution in [1.82, 2.24) is 5.32 Å². The first-order valence-electron chi connectivity index (χ1n) is 6.44. The Bertz CT molecular complexity index is 494. The van der Waals surface area contributed by atoms with Crippen molar-refractivity contribution in [3.05, 3.63) is 18.2 Å². The van der Waals surface area contributed by atoms with Crippen LogP contribution in [0.1, 0.15) is 12.8 Å². The quantitative estimate of drug-likeness (QED) is 0.453. The Hall–Kier alpha value is -2.02. The number of carbonyl (C=O) groups excluding carboxylic acids is 1. The minimum Gasteiger partial charge on any atom is -0.493 e. The molecule has 0 bridgehead atoms. The molecule has 0 atom stereocenters. The summed E-state index contributed by atoms with van der Waals surface area (Å²) < 4.78 is 14.9. The van der Waals surface area contributed by atoms with Crippen LogP contribution in [-0.2, 0) is 9.53 Å². The van der Waals surface area contributed by atoms with Crippen LogP contribution in [0.15, 0.2) is 18.2 Å². The van der Waals surface area contributed by atoms with Gasteiger partial charge in [-0.3, -0.25) is 4.79 Å². The molecule has 1 aromatic rings. The summed E-state index contributed by atoms with van der Waals surface area (Å²) in [6.45, 7) is 0.591. The van der Waals surface area contributed by atoms with Gasteiger partial charge in [-0.2, -0.15) is 0 Å². The maximum Gasteiger partial charge on any atom is 0.305 e. The summed E-state index contributed by atoms with van der Waals surface area (Å²) in [6, 6.07) is 5.42. The highest BCUT2D eigenvalue weighted by molar-refractivity contribution is 7.80. The first-order chi connectivity index (χ1) is 10.1. The summed E-state index contributed by atoms with van der Waals surface area (Å²) in [7, 11) is 4.53. The minimum absolute atomic E-state index is 0.226. The smallest absolute Gasteiger partial charge is 0.305 e. The lowest BCUT2D eigenvalue weighted by Gasteiger charge is -2.13. The van der Waals surface area contributed by atoms with Gasteiger partial charge in [-0.25, -0.2) is 0 Å². The van der Waals surface area contributed by atoms with E-state index in [0.717, 1.165) is 5.69 Å². The number of thiocarbonyl (C=S) groups is 1. The Morgan fingerprint density at radius 3 is 2.52 bits per heavy atom. The third-order valence-corrected chi connectivity index (χ3v) is 2.96. The SMILES string of the molecule is COC(=O)CCCNC(=S)Nc1ccc(OC)c(OC)c1. The van der Waals surface area contributed by atoms with E-state index >= 15 is 0 Å². The summed E-state index contributed by atoms with van der Waals surface area (Å²) in [6.07, 6.45) is 1.02. The molecule has 1 rings (SSSR count). The fraction of sp³-hybridized carbons (Fsp3) is 0.429. The second-order valence-electron chi connectivity index (χ2n) is 4.13. The molecule has 0 saturated carbocycles. The highest BCUT2D eigenvalue weighted by atomic mass is 32.1. The van der Waals surface area contributed by atoms with Gasteiger partial charge in [0, 0.05) is 24.7 Å². The zero-order chi connectivity index (χ0) is 15.7. The van der Waals surface area contributed by atoms with Crippen molar-refractivity contribution in [3.8, 4) is 11.5 Å². The highest BCUT2D eigenvalue weighted by Crippen LogP contribution is 2.29. The van der Waals surface area contributed by atoms with Crippen LogP contribution in [0.25, 0.3) is 0 Å². The Morgan fingerprint density at radius 2 is 1.90 bits per heavy atom. The number of anilines is 1. The number of hydrogen-bond acceptors (Lipinski definition) is 5. The van der Waals surface area contributed by atoms with Gasteiger partial charge in [0.15, 0.2) is 16.6 Å². The zero-order valence-electron chi connectivity index (χ0n) is 12.4. The average molecular weight is 312 g/mol. The van der Waals surface area contributed by atoms with Gasteiger partial charge in [0.1, 0.15) is 0 Å². The van der Waals surface area contributed by atoms with E-state index in [-0.39, 0.29) is 5.97 Å². The molecule has 6 nitrogen and oxygen atoms in total. The Labute approximate surface area is 129 Å². The predicted octanol–water partition coefficient (Wildman–Crippen LogP) is 1.94. The molecular formula is C14H20N2O4S. The zero-order valence-corrected chi connectivity index (χ0v) is 13.2. The van der Waals surface area contributed by atoms with Gasteiger partial charge in [-0.15, -0.1) is 0 Å². The second-order valence-corrected chi connectivity index (χ2v) is 4.54. The molecular weight excluding hydrogens is 292 g/mol. The molecule has 0 aliphatic heterocycles. The molecule has 0 fully saturated rings. The van der Waals surface area contributed by atoms with Crippen LogP contribution in [0.2, 0.25) is 0 Å². The van der Waals surface area contributed by atoms with E-state index in [1.54, 1.807) is 26.4 Å². The summed E-state index contributed by atoms with van der Waals surface area (Å²) in [4.78, 5) is 11.0. The van der Waals surface area contributed by atoms with Gasteiger partial charge >= 0.3 is 5.97 Å². The van der Waals surface area contributed by atoms with E-state index in [1.807, 2.05) is 6.07 Å². The normalized spacial score (nSPS) is 9.67. The summed E-state index contributed by atoms with van der Waals surface area (Å²) in [5.74, 6) is 1.05. The molecule has 21 heavy (non-hydrogen) atoms. The van der Waals surface area contributed by atoms with Gasteiger partial charge in [0.2, 0.25) is 0 Å². The molecule has 7 heteroatoms. The molecule has 0 saturated heterocycles. The highest BCUT2D eigenvalue weighted by Gasteiger charge is 2.06. The van der Waals surface area contributed by atoms with Crippen LogP contribution in [0.5, 0.6) is 11.5 Å². The maximum absolute atomic E-state index is 11.0. The lowest BCUT2D eigenvalue weighted by atomic mass is 10.3. The Morgan fingerprint density at radius 1 is 1.19 bits per heavy atom. The van der Waals surface area contributed by atoms with Crippen molar-refractivity contribution in [3.63, 3.8) is 0 Å². The molecule has 0 aromatic heterocycles. The number of rotatable bonds is 7. The molecule has 0 aliphatic carbocycles. The minimum atomic E-state index is -0.226. The van der Waals surface area contributed by atoms with Gasteiger partial charge in [-0.05, 0) is 30.8 Å². The number of ether oxygens (including phenoxy) is 3. The largest absolute Gasteiger partial charge is 0.493 e. The lowest BCUT2D eigenvalue weighted by Crippen LogP contribution is -2.29. The molecule has 0 radical (unpaired) electrons. The summed E-state index contributed by atoms with van der Waals surface area (Å²) >= 11 is 5.17. The van der Waals surface area contributed by atoms with Crippen LogP contribution in [0.3, 0.4) is 0 Å². The summed E-state index contributed by atoms with van der Waals surface area (Å²) in [5, 5.41) is 6.53. The third kappa shape index (κ3) is 5.86. The van der Waals surface area contributed by atoms with Crippen LogP contribution in [0.4, 0.5) is 5.69 Å². The standard InChI is InChI=1S/C14H20N2O4S/c1-18-11-7-6-10(9-12(11)19-2)16-14(21)15-8-4-5-13(17)20-3/h6-7,9H,4-5,8H2,1-3H3,(H2,15,16,21). The fourth-order valence-corrected chi connectivity index (χ4v) is 1.85. The van der Waals surface area contributed by atoms with E-state index in [9.17, 15) is 4.79 Å². The van der Waals surface area contributed by atoms with E-state index in [2.05, 4.69) is 15.4 Å². The average Bonchev–Trinajstić information content (AvgIpc) is 2.51. The topological polar surface area (TPSA) is 68.8 Å². The molecule has 0 unspecified atom stereocenters. The van der Waals surface area contributed by atoms with E-state index < -0.39 is 0 Å². The third-order valence-electron chi connectivity index (χ3n) is 2.71. The summed E-state index contributed by atoms with van der Waals surface area (Å²) in [5.41, 5.74) is 0.790. The van der Waals surface area contributed by atoms with Crippen molar-refractivity contribution in [2.45, 2.75) is 12.8 Å². The van der Waals surface area contributed by atoms with Gasteiger partial charge < -0.3 is 24.8 Å². The van der Waals surface area contributed by atoms with Crippen molar-refractivity contribution >= 4 is 29.0 Å². The van der Waals surface area contributed by atoms with Crippen LogP contribution >= 0.6 is 12.2 Å². The fourth-order valence-electron chi connectivity index (χ4n) is 1.63. The molecule has 0 amide bonds. The van der Waals surface area contributed by atoms with E-state index in [1.165, 1.54) is 7.11 Å². The van der Waals surface area contributed by atoms with Crippen molar-refractivity contribution in [1.29, 1.82) is 0 Å².